The van der Waals surface area contributed by atoms with Crippen LogP contribution < -0.4 is 14.4 Å². The molecule has 6 nitrogen and oxygen atoms in total. The SMILES string of the molecule is CCCCN1C(=O)C2(C(C(=O)OC)=CC3=C2c2cc(Cl)ccc2OC3c2cccc(OC)c2)c2cc(C)ccc21. The molecule has 2 unspecified atom stereocenters. The van der Waals surface area contributed by atoms with Gasteiger partial charge >= 0.3 is 5.97 Å². The molecule has 3 aromatic rings. The molecule has 6 rings (SSSR count). The minimum Gasteiger partial charge on any atom is -0.497 e. The number of esters is 1. The van der Waals surface area contributed by atoms with Crippen LogP contribution in [0.15, 0.2) is 77.9 Å². The van der Waals surface area contributed by atoms with Crippen LogP contribution >= 0.6 is 11.6 Å². The number of nitrogens with zero attached hydrogens (tertiary/aromatic N) is 1. The molecule has 0 fully saturated rings. The largest absolute Gasteiger partial charge is 0.497 e. The van der Waals surface area contributed by atoms with Gasteiger partial charge in [-0.15, -0.1) is 0 Å². The van der Waals surface area contributed by atoms with Gasteiger partial charge in [0, 0.05) is 39.5 Å². The van der Waals surface area contributed by atoms with Crippen molar-refractivity contribution in [2.45, 2.75) is 38.2 Å². The predicted molar refractivity (Wildman–Crippen MR) is 155 cm³/mol. The summed E-state index contributed by atoms with van der Waals surface area (Å²) in [5.74, 6) is 0.545. The van der Waals surface area contributed by atoms with E-state index in [9.17, 15) is 9.59 Å². The second kappa shape index (κ2) is 9.86. The van der Waals surface area contributed by atoms with Gasteiger partial charge in [-0.1, -0.05) is 54.8 Å². The van der Waals surface area contributed by atoms with E-state index in [0.29, 0.717) is 34.2 Å². The molecule has 0 aromatic heterocycles. The Kier molecular flexibility index (Phi) is 6.46. The number of carbonyl (C=O) groups excluding carboxylic acids is 2. The highest BCUT2D eigenvalue weighted by Crippen LogP contribution is 2.63. The summed E-state index contributed by atoms with van der Waals surface area (Å²) in [6, 6.07) is 19.1. The van der Waals surface area contributed by atoms with Crippen LogP contribution in [0.4, 0.5) is 5.69 Å². The molecule has 1 spiro atoms. The van der Waals surface area contributed by atoms with Crippen molar-refractivity contribution >= 4 is 34.7 Å². The normalized spacial score (nSPS) is 20.6. The van der Waals surface area contributed by atoms with E-state index in [0.717, 1.165) is 40.8 Å². The zero-order valence-corrected chi connectivity index (χ0v) is 23.7. The molecule has 3 aliphatic rings. The van der Waals surface area contributed by atoms with E-state index in [1.54, 1.807) is 19.3 Å². The molecule has 2 heterocycles. The van der Waals surface area contributed by atoms with Gasteiger partial charge in [-0.2, -0.15) is 0 Å². The first-order chi connectivity index (χ1) is 19.3. The third kappa shape index (κ3) is 3.69. The smallest absolute Gasteiger partial charge is 0.335 e. The van der Waals surface area contributed by atoms with Gasteiger partial charge < -0.3 is 19.1 Å². The van der Waals surface area contributed by atoms with Gasteiger partial charge in [-0.25, -0.2) is 4.79 Å². The van der Waals surface area contributed by atoms with E-state index in [1.807, 2.05) is 66.4 Å². The van der Waals surface area contributed by atoms with Crippen molar-refractivity contribution in [3.05, 3.63) is 105 Å². The number of ether oxygens (including phenoxy) is 3. The summed E-state index contributed by atoms with van der Waals surface area (Å²) in [7, 11) is 2.96. The lowest BCUT2D eigenvalue weighted by Crippen LogP contribution is -2.44. The second-order valence-corrected chi connectivity index (χ2v) is 10.8. The van der Waals surface area contributed by atoms with E-state index >= 15 is 0 Å². The Labute approximate surface area is 238 Å². The number of unbranched alkanes of at least 4 members (excludes halogenated alkanes) is 1. The molecular formula is C33H30ClNO5. The average Bonchev–Trinajstić information content (AvgIpc) is 3.44. The predicted octanol–water partition coefficient (Wildman–Crippen LogP) is 6.74. The maximum absolute atomic E-state index is 14.9. The first-order valence-electron chi connectivity index (χ1n) is 13.4. The van der Waals surface area contributed by atoms with Crippen LogP contribution in [0.25, 0.3) is 5.57 Å². The molecule has 0 saturated carbocycles. The van der Waals surface area contributed by atoms with E-state index in [-0.39, 0.29) is 11.5 Å². The van der Waals surface area contributed by atoms with Crippen molar-refractivity contribution in [2.24, 2.45) is 0 Å². The summed E-state index contributed by atoms with van der Waals surface area (Å²) >= 11 is 6.54. The van der Waals surface area contributed by atoms with E-state index < -0.39 is 17.5 Å². The highest BCUT2D eigenvalue weighted by molar-refractivity contribution is 6.31. The van der Waals surface area contributed by atoms with E-state index in [4.69, 9.17) is 25.8 Å². The zero-order chi connectivity index (χ0) is 28.2. The Morgan fingerprint density at radius 2 is 1.93 bits per heavy atom. The topological polar surface area (TPSA) is 65.1 Å². The van der Waals surface area contributed by atoms with Crippen LogP contribution in [0.5, 0.6) is 11.5 Å². The number of benzene rings is 3. The Morgan fingerprint density at radius 1 is 1.10 bits per heavy atom. The number of rotatable bonds is 6. The molecule has 40 heavy (non-hydrogen) atoms. The lowest BCUT2D eigenvalue weighted by atomic mass is 9.68. The number of hydrogen-bond donors (Lipinski definition) is 0. The lowest BCUT2D eigenvalue weighted by Gasteiger charge is -2.35. The second-order valence-electron chi connectivity index (χ2n) is 10.4. The highest BCUT2D eigenvalue weighted by Gasteiger charge is 2.62. The van der Waals surface area contributed by atoms with Gasteiger partial charge in [0.1, 0.15) is 23.0 Å². The molecule has 204 valence electrons. The van der Waals surface area contributed by atoms with Crippen LogP contribution in [-0.2, 0) is 19.7 Å². The number of amides is 1. The minimum atomic E-state index is -1.40. The van der Waals surface area contributed by atoms with Crippen molar-refractivity contribution in [3.8, 4) is 11.5 Å². The standard InChI is InChI=1S/C33H30ClNO5/c1-5-6-14-35-27-12-10-19(2)15-25(27)33(32(35)37)26(31(36)39-4)18-24-29(33)23-17-21(34)11-13-28(23)40-30(24)20-8-7-9-22(16-20)38-3/h7-13,15-18,30H,5-6,14H2,1-4H3. The summed E-state index contributed by atoms with van der Waals surface area (Å²) in [6.07, 6.45) is 2.96. The Morgan fingerprint density at radius 3 is 2.67 bits per heavy atom. The molecule has 2 atom stereocenters. The monoisotopic (exact) mass is 555 g/mol. The Bertz CT molecular complexity index is 1620. The van der Waals surface area contributed by atoms with Crippen molar-refractivity contribution in [2.75, 3.05) is 25.7 Å². The Balaban J connectivity index is 1.70. The lowest BCUT2D eigenvalue weighted by molar-refractivity contribution is -0.138. The molecule has 3 aromatic carbocycles. The molecule has 1 aliphatic carbocycles. The fourth-order valence-corrected chi connectivity index (χ4v) is 6.44. The number of anilines is 1. The van der Waals surface area contributed by atoms with E-state index in [1.165, 1.54) is 7.11 Å². The molecule has 0 saturated heterocycles. The van der Waals surface area contributed by atoms with Gasteiger partial charge in [0.05, 0.1) is 19.8 Å². The quantitative estimate of drug-likeness (QED) is 0.315. The van der Waals surface area contributed by atoms with Crippen LogP contribution in [0.3, 0.4) is 0 Å². The number of methoxy groups -OCH3 is 2. The van der Waals surface area contributed by atoms with Crippen molar-refractivity contribution in [1.29, 1.82) is 0 Å². The maximum atomic E-state index is 14.9. The fraction of sp³-hybridized carbons (Fsp3) is 0.273. The highest BCUT2D eigenvalue weighted by atomic mass is 35.5. The third-order valence-corrected chi connectivity index (χ3v) is 8.29. The van der Waals surface area contributed by atoms with Gasteiger partial charge in [-0.05, 0) is 61.4 Å². The van der Waals surface area contributed by atoms with Gasteiger partial charge in [0.2, 0.25) is 5.91 Å². The summed E-state index contributed by atoms with van der Waals surface area (Å²) < 4.78 is 17.4. The van der Waals surface area contributed by atoms with E-state index in [2.05, 4.69) is 6.92 Å². The molecule has 2 aliphatic heterocycles. The maximum Gasteiger partial charge on any atom is 0.335 e. The third-order valence-electron chi connectivity index (χ3n) is 8.06. The van der Waals surface area contributed by atoms with Crippen LogP contribution in [0.1, 0.15) is 48.1 Å². The number of aryl methyl sites for hydroxylation is 1. The molecule has 0 radical (unpaired) electrons. The molecule has 0 bridgehead atoms. The number of hydrogen-bond acceptors (Lipinski definition) is 5. The summed E-state index contributed by atoms with van der Waals surface area (Å²) in [4.78, 5) is 30.3. The van der Waals surface area contributed by atoms with Crippen LogP contribution in [-0.4, -0.2) is 32.6 Å². The Hall–Kier alpha value is -4.03. The summed E-state index contributed by atoms with van der Waals surface area (Å²) in [6.45, 7) is 4.63. The number of carbonyl (C=O) groups is 2. The van der Waals surface area contributed by atoms with Crippen LogP contribution in [0, 0.1) is 6.92 Å². The fourth-order valence-electron chi connectivity index (χ4n) is 6.27. The van der Waals surface area contributed by atoms with Crippen molar-refractivity contribution < 1.29 is 23.8 Å². The number of fused-ring (bicyclic) bond motifs is 5. The molecule has 7 heteroatoms. The summed E-state index contributed by atoms with van der Waals surface area (Å²) in [5.41, 5.74) is 4.40. The zero-order valence-electron chi connectivity index (χ0n) is 22.9. The van der Waals surface area contributed by atoms with Gasteiger partial charge in [0.25, 0.3) is 0 Å². The first-order valence-corrected chi connectivity index (χ1v) is 13.8. The first kappa shape index (κ1) is 26.2. The van der Waals surface area contributed by atoms with Gasteiger partial charge in [0.15, 0.2) is 0 Å². The molecular weight excluding hydrogens is 526 g/mol. The van der Waals surface area contributed by atoms with Gasteiger partial charge in [-0.3, -0.25) is 4.79 Å². The minimum absolute atomic E-state index is 0.166. The van der Waals surface area contributed by atoms with Crippen molar-refractivity contribution in [3.63, 3.8) is 0 Å². The van der Waals surface area contributed by atoms with Crippen molar-refractivity contribution in [1.82, 2.24) is 0 Å². The molecule has 1 amide bonds. The number of halogens is 1. The molecule has 0 N–H and O–H groups in total. The average molecular weight is 556 g/mol. The summed E-state index contributed by atoms with van der Waals surface area (Å²) in [5, 5.41) is 0.508. The van der Waals surface area contributed by atoms with Crippen LogP contribution in [0.2, 0.25) is 5.02 Å².